The summed E-state index contributed by atoms with van der Waals surface area (Å²) in [4.78, 5) is 4.45. The maximum Gasteiger partial charge on any atom is 0.128 e. The predicted molar refractivity (Wildman–Crippen MR) is 87.8 cm³/mol. The number of aliphatic imine (C=N–C) groups is 1. The van der Waals surface area contributed by atoms with Crippen LogP contribution in [0.2, 0.25) is 0 Å². The van der Waals surface area contributed by atoms with Crippen LogP contribution in [0.1, 0.15) is 43.4 Å². The number of hydrogen-bond donors (Lipinski definition) is 1. The first-order valence-electron chi connectivity index (χ1n) is 7.52. The van der Waals surface area contributed by atoms with E-state index in [2.05, 4.69) is 24.9 Å². The van der Waals surface area contributed by atoms with Crippen LogP contribution in [0.25, 0.3) is 0 Å². The lowest BCUT2D eigenvalue weighted by Gasteiger charge is -2.33. The number of fused-ring (bicyclic) bond motifs is 1. The molecule has 0 amide bonds. The van der Waals surface area contributed by atoms with Crippen molar-refractivity contribution in [1.29, 1.82) is 0 Å². The van der Waals surface area contributed by atoms with Gasteiger partial charge in [0, 0.05) is 17.3 Å². The van der Waals surface area contributed by atoms with Crippen molar-refractivity contribution in [3.8, 4) is 5.75 Å². The fraction of sp³-hybridized carbons (Fsp3) is 0.316. The number of benzene rings is 2. The first-order chi connectivity index (χ1) is 10.1. The summed E-state index contributed by atoms with van der Waals surface area (Å²) in [7, 11) is 0. The Morgan fingerprint density at radius 2 is 1.86 bits per heavy atom. The lowest BCUT2D eigenvalue weighted by molar-refractivity contribution is 0.391. The molecule has 108 valence electrons. The topological polar surface area (TPSA) is 32.6 Å². The van der Waals surface area contributed by atoms with Crippen LogP contribution < -0.4 is 0 Å². The molecule has 1 N–H and O–H groups in total. The van der Waals surface area contributed by atoms with E-state index in [1.165, 1.54) is 12.0 Å². The zero-order valence-electron chi connectivity index (χ0n) is 12.6. The van der Waals surface area contributed by atoms with Crippen molar-refractivity contribution in [3.63, 3.8) is 0 Å². The Bertz CT molecular complexity index is 671. The molecule has 2 aromatic carbocycles. The van der Waals surface area contributed by atoms with Gasteiger partial charge in [-0.25, -0.2) is 0 Å². The van der Waals surface area contributed by atoms with E-state index in [9.17, 15) is 5.11 Å². The Morgan fingerprint density at radius 3 is 2.62 bits per heavy atom. The van der Waals surface area contributed by atoms with E-state index < -0.39 is 0 Å². The summed E-state index contributed by atoms with van der Waals surface area (Å²) in [5, 5.41) is 10.7. The number of phenolic OH excluding ortho intramolecular Hbond substituents is 1. The summed E-state index contributed by atoms with van der Waals surface area (Å²) in [6.07, 6.45) is 5.13. The van der Waals surface area contributed by atoms with Gasteiger partial charge in [0.25, 0.3) is 0 Å². The largest absolute Gasteiger partial charge is 0.507 e. The minimum Gasteiger partial charge on any atom is -0.507 e. The van der Waals surface area contributed by atoms with Gasteiger partial charge in [-0.1, -0.05) is 38.1 Å². The zero-order chi connectivity index (χ0) is 14.9. The highest BCUT2D eigenvalue weighted by Gasteiger charge is 2.30. The number of aryl methyl sites for hydroxylation is 1. The van der Waals surface area contributed by atoms with E-state index in [0.717, 1.165) is 29.7 Å². The van der Waals surface area contributed by atoms with Crippen molar-refractivity contribution in [2.75, 3.05) is 0 Å². The normalized spacial score (nSPS) is 16.9. The maximum atomic E-state index is 10.7. The van der Waals surface area contributed by atoms with Gasteiger partial charge in [0.15, 0.2) is 0 Å². The Labute approximate surface area is 126 Å². The number of aromatic hydroxyl groups is 1. The molecule has 0 aliphatic heterocycles. The molecule has 2 nitrogen and oxygen atoms in total. The summed E-state index contributed by atoms with van der Waals surface area (Å²) < 4.78 is 0. The number of rotatable bonds is 2. The van der Waals surface area contributed by atoms with E-state index >= 15 is 0 Å². The van der Waals surface area contributed by atoms with Gasteiger partial charge < -0.3 is 5.11 Å². The van der Waals surface area contributed by atoms with Gasteiger partial charge in [-0.05, 0) is 48.4 Å². The molecule has 0 heterocycles. The van der Waals surface area contributed by atoms with E-state index in [-0.39, 0.29) is 5.41 Å². The van der Waals surface area contributed by atoms with E-state index in [1.807, 2.05) is 36.4 Å². The molecule has 0 spiro atoms. The van der Waals surface area contributed by atoms with Crippen LogP contribution in [0.5, 0.6) is 5.75 Å². The van der Waals surface area contributed by atoms with Crippen molar-refractivity contribution >= 4 is 11.9 Å². The average molecular weight is 279 g/mol. The Balaban J connectivity index is 2.00. The standard InChI is InChI=1S/C19H21NO/c1-19(2)12-6-7-14-10-11-15(18(21)17(14)19)13-20-16-8-4-3-5-9-16/h3-5,8-11,13,21H,6-7,12H2,1-2H3/b20-13+. The van der Waals surface area contributed by atoms with Crippen LogP contribution in [0.3, 0.4) is 0 Å². The number of para-hydroxylation sites is 1. The van der Waals surface area contributed by atoms with Crippen LogP contribution >= 0.6 is 0 Å². The first kappa shape index (κ1) is 13.9. The minimum atomic E-state index is 0.0360. The van der Waals surface area contributed by atoms with Crippen molar-refractivity contribution in [2.45, 2.75) is 38.5 Å². The minimum absolute atomic E-state index is 0.0360. The molecule has 0 atom stereocenters. The van der Waals surface area contributed by atoms with Gasteiger partial charge in [-0.15, -0.1) is 0 Å². The van der Waals surface area contributed by atoms with Crippen LogP contribution in [-0.2, 0) is 11.8 Å². The average Bonchev–Trinajstić information content (AvgIpc) is 2.47. The molecule has 2 heteroatoms. The second-order valence-corrected chi connectivity index (χ2v) is 6.37. The monoisotopic (exact) mass is 279 g/mol. The lowest BCUT2D eigenvalue weighted by atomic mass is 9.72. The van der Waals surface area contributed by atoms with Crippen molar-refractivity contribution in [1.82, 2.24) is 0 Å². The molecule has 1 aliphatic rings. The molecular weight excluding hydrogens is 258 g/mol. The second kappa shape index (κ2) is 5.36. The van der Waals surface area contributed by atoms with Crippen LogP contribution in [-0.4, -0.2) is 11.3 Å². The fourth-order valence-electron chi connectivity index (χ4n) is 3.22. The third-order valence-electron chi connectivity index (χ3n) is 4.33. The molecule has 0 bridgehead atoms. The summed E-state index contributed by atoms with van der Waals surface area (Å²) >= 11 is 0. The smallest absolute Gasteiger partial charge is 0.128 e. The van der Waals surface area contributed by atoms with Gasteiger partial charge in [0.1, 0.15) is 5.75 Å². The lowest BCUT2D eigenvalue weighted by Crippen LogP contribution is -2.24. The zero-order valence-corrected chi connectivity index (χ0v) is 12.6. The number of phenols is 1. The molecule has 0 unspecified atom stereocenters. The summed E-state index contributed by atoms with van der Waals surface area (Å²) in [6, 6.07) is 13.9. The summed E-state index contributed by atoms with van der Waals surface area (Å²) in [5.41, 5.74) is 4.11. The third kappa shape index (κ3) is 2.71. The quantitative estimate of drug-likeness (QED) is 0.790. The highest BCUT2D eigenvalue weighted by Crippen LogP contribution is 2.42. The number of hydrogen-bond acceptors (Lipinski definition) is 2. The van der Waals surface area contributed by atoms with Crippen LogP contribution in [0, 0.1) is 0 Å². The second-order valence-electron chi connectivity index (χ2n) is 6.37. The van der Waals surface area contributed by atoms with Gasteiger partial charge >= 0.3 is 0 Å². The van der Waals surface area contributed by atoms with E-state index in [0.29, 0.717) is 5.75 Å². The summed E-state index contributed by atoms with van der Waals surface area (Å²) in [6.45, 7) is 4.42. The van der Waals surface area contributed by atoms with Crippen LogP contribution in [0.4, 0.5) is 5.69 Å². The SMILES string of the molecule is CC1(C)CCCc2ccc(/C=N/c3ccccc3)c(O)c21. The molecule has 0 aromatic heterocycles. The molecule has 0 saturated heterocycles. The molecule has 0 radical (unpaired) electrons. The molecular formula is C19H21NO. The molecule has 3 rings (SSSR count). The van der Waals surface area contributed by atoms with Crippen molar-refractivity contribution < 1.29 is 5.11 Å². The Hall–Kier alpha value is -2.09. The molecule has 0 saturated carbocycles. The molecule has 21 heavy (non-hydrogen) atoms. The van der Waals surface area contributed by atoms with Gasteiger partial charge in [0.05, 0.1) is 5.69 Å². The first-order valence-corrected chi connectivity index (χ1v) is 7.52. The van der Waals surface area contributed by atoms with Gasteiger partial charge in [0.2, 0.25) is 0 Å². The third-order valence-corrected chi connectivity index (χ3v) is 4.33. The Morgan fingerprint density at radius 1 is 1.10 bits per heavy atom. The van der Waals surface area contributed by atoms with E-state index in [1.54, 1.807) is 6.21 Å². The summed E-state index contributed by atoms with van der Waals surface area (Å²) in [5.74, 6) is 0.400. The van der Waals surface area contributed by atoms with E-state index in [4.69, 9.17) is 0 Å². The van der Waals surface area contributed by atoms with Crippen molar-refractivity contribution in [3.05, 3.63) is 59.2 Å². The maximum absolute atomic E-state index is 10.7. The van der Waals surface area contributed by atoms with Gasteiger partial charge in [-0.2, -0.15) is 0 Å². The van der Waals surface area contributed by atoms with Crippen molar-refractivity contribution in [2.24, 2.45) is 4.99 Å². The van der Waals surface area contributed by atoms with Gasteiger partial charge in [-0.3, -0.25) is 4.99 Å². The number of nitrogens with zero attached hydrogens (tertiary/aromatic N) is 1. The van der Waals surface area contributed by atoms with Crippen LogP contribution in [0.15, 0.2) is 47.5 Å². The highest BCUT2D eigenvalue weighted by molar-refractivity contribution is 5.86. The predicted octanol–water partition coefficient (Wildman–Crippen LogP) is 4.76. The fourth-order valence-corrected chi connectivity index (χ4v) is 3.22. The molecule has 0 fully saturated rings. The Kier molecular flexibility index (Phi) is 3.54. The molecule has 2 aromatic rings. The highest BCUT2D eigenvalue weighted by atomic mass is 16.3. The molecule has 1 aliphatic carbocycles.